The van der Waals surface area contributed by atoms with Gasteiger partial charge in [0, 0.05) is 6.04 Å². The van der Waals surface area contributed by atoms with E-state index in [2.05, 4.69) is 4.72 Å². The van der Waals surface area contributed by atoms with Crippen LogP contribution in [0, 0.1) is 12.7 Å². The first-order chi connectivity index (χ1) is 13.8. The first-order valence-electron chi connectivity index (χ1n) is 9.50. The molecule has 2 aromatic rings. The summed E-state index contributed by atoms with van der Waals surface area (Å²) in [6.45, 7) is 1.73. The molecule has 0 bridgehead atoms. The minimum atomic E-state index is -3.91. The average Bonchev–Trinajstić information content (AvgIpc) is 2.70. The highest BCUT2D eigenvalue weighted by molar-refractivity contribution is 7.89. The summed E-state index contributed by atoms with van der Waals surface area (Å²) in [6.07, 6.45) is 2.48. The predicted octanol–water partition coefficient (Wildman–Crippen LogP) is 3.82. The summed E-state index contributed by atoms with van der Waals surface area (Å²) in [5.41, 5.74) is 0.691. The van der Waals surface area contributed by atoms with Gasteiger partial charge in [-0.3, -0.25) is 0 Å². The van der Waals surface area contributed by atoms with Crippen molar-refractivity contribution in [3.63, 3.8) is 0 Å². The van der Waals surface area contributed by atoms with E-state index < -0.39 is 15.8 Å². The molecular weight excluding hydrogens is 397 g/mol. The Bertz CT molecular complexity index is 956. The second kappa shape index (κ2) is 9.00. The maximum Gasteiger partial charge on any atom is 0.243 e. The topological polar surface area (TPSA) is 73.9 Å². The van der Waals surface area contributed by atoms with Crippen molar-refractivity contribution in [3.05, 3.63) is 47.8 Å². The standard InChI is InChI=1S/C21H26FNO5S/c1-14-7-12-17(22)20(13-14)29(24,25)23-15-8-10-16(11-9-15)28-19-6-4-5-18(26-2)21(19)27-3/h4-7,12-13,15-16,23H,8-11H2,1-3H3. The van der Waals surface area contributed by atoms with Gasteiger partial charge in [-0.1, -0.05) is 12.1 Å². The molecule has 0 radical (unpaired) electrons. The molecule has 0 aromatic heterocycles. The predicted molar refractivity (Wildman–Crippen MR) is 108 cm³/mol. The molecule has 29 heavy (non-hydrogen) atoms. The van der Waals surface area contributed by atoms with Gasteiger partial charge in [0.2, 0.25) is 15.8 Å². The Balaban J connectivity index is 1.62. The van der Waals surface area contributed by atoms with Crippen LogP contribution in [0.25, 0.3) is 0 Å². The molecule has 0 spiro atoms. The van der Waals surface area contributed by atoms with E-state index >= 15 is 0 Å². The van der Waals surface area contributed by atoms with Crippen molar-refractivity contribution in [3.8, 4) is 17.2 Å². The zero-order valence-corrected chi connectivity index (χ0v) is 17.6. The summed E-state index contributed by atoms with van der Waals surface area (Å²) in [7, 11) is -0.790. The number of rotatable bonds is 7. The van der Waals surface area contributed by atoms with Gasteiger partial charge in [-0.2, -0.15) is 0 Å². The number of benzene rings is 2. The van der Waals surface area contributed by atoms with Crippen LogP contribution in [0.2, 0.25) is 0 Å². The first kappa shape index (κ1) is 21.4. The van der Waals surface area contributed by atoms with Crippen molar-refractivity contribution < 1.29 is 27.0 Å². The zero-order valence-electron chi connectivity index (χ0n) is 16.8. The largest absolute Gasteiger partial charge is 0.493 e. The molecule has 1 saturated carbocycles. The van der Waals surface area contributed by atoms with E-state index in [4.69, 9.17) is 14.2 Å². The average molecular weight is 424 g/mol. The van der Waals surface area contributed by atoms with E-state index in [1.165, 1.54) is 12.1 Å². The number of sulfonamides is 1. The number of aryl methyl sites for hydroxylation is 1. The molecule has 6 nitrogen and oxygen atoms in total. The molecule has 158 valence electrons. The molecule has 1 aliphatic carbocycles. The third kappa shape index (κ3) is 5.00. The van der Waals surface area contributed by atoms with Gasteiger partial charge in [0.1, 0.15) is 10.7 Å². The van der Waals surface area contributed by atoms with E-state index in [0.717, 1.165) is 0 Å². The summed E-state index contributed by atoms with van der Waals surface area (Å²) in [5, 5.41) is 0. The number of para-hydroxylation sites is 1. The van der Waals surface area contributed by atoms with E-state index in [-0.39, 0.29) is 17.0 Å². The number of hydrogen-bond acceptors (Lipinski definition) is 5. The maximum atomic E-state index is 14.0. The minimum absolute atomic E-state index is 0.0625. The van der Waals surface area contributed by atoms with Crippen LogP contribution in [0.15, 0.2) is 41.3 Å². The summed E-state index contributed by atoms with van der Waals surface area (Å²) in [4.78, 5) is -0.308. The number of hydrogen-bond donors (Lipinski definition) is 1. The van der Waals surface area contributed by atoms with Gasteiger partial charge in [0.15, 0.2) is 11.5 Å². The molecule has 8 heteroatoms. The molecule has 3 rings (SSSR count). The van der Waals surface area contributed by atoms with Crippen molar-refractivity contribution in [2.75, 3.05) is 14.2 Å². The van der Waals surface area contributed by atoms with Gasteiger partial charge in [-0.05, 0) is 62.4 Å². The molecule has 0 heterocycles. The van der Waals surface area contributed by atoms with Crippen LogP contribution >= 0.6 is 0 Å². The number of nitrogens with one attached hydrogen (secondary N) is 1. The molecule has 1 N–H and O–H groups in total. The smallest absolute Gasteiger partial charge is 0.243 e. The Morgan fingerprint density at radius 1 is 1.00 bits per heavy atom. The zero-order chi connectivity index (χ0) is 21.0. The van der Waals surface area contributed by atoms with E-state index in [9.17, 15) is 12.8 Å². The second-order valence-electron chi connectivity index (χ2n) is 7.14. The van der Waals surface area contributed by atoms with Gasteiger partial charge < -0.3 is 14.2 Å². The van der Waals surface area contributed by atoms with Crippen molar-refractivity contribution in [1.82, 2.24) is 4.72 Å². The summed E-state index contributed by atoms with van der Waals surface area (Å²) >= 11 is 0. The third-order valence-electron chi connectivity index (χ3n) is 5.03. The summed E-state index contributed by atoms with van der Waals surface area (Å²) in [6, 6.07) is 9.25. The van der Waals surface area contributed by atoms with Gasteiger partial charge in [0.05, 0.1) is 20.3 Å². The maximum absolute atomic E-state index is 14.0. The third-order valence-corrected chi connectivity index (χ3v) is 6.57. The van der Waals surface area contributed by atoms with Crippen molar-refractivity contribution in [2.45, 2.75) is 49.6 Å². The van der Waals surface area contributed by atoms with Gasteiger partial charge in [0.25, 0.3) is 0 Å². The van der Waals surface area contributed by atoms with Crippen LogP contribution < -0.4 is 18.9 Å². The van der Waals surface area contributed by atoms with Crippen molar-refractivity contribution in [2.24, 2.45) is 0 Å². The van der Waals surface area contributed by atoms with E-state index in [1.54, 1.807) is 33.3 Å². The quantitative estimate of drug-likeness (QED) is 0.733. The fraction of sp³-hybridized carbons (Fsp3) is 0.429. The van der Waals surface area contributed by atoms with Crippen LogP contribution in [0.3, 0.4) is 0 Å². The highest BCUT2D eigenvalue weighted by Gasteiger charge is 2.28. The van der Waals surface area contributed by atoms with Crippen LogP contribution in [-0.2, 0) is 10.0 Å². The lowest BCUT2D eigenvalue weighted by molar-refractivity contribution is 0.138. The summed E-state index contributed by atoms with van der Waals surface area (Å²) < 4.78 is 58.6. The van der Waals surface area contributed by atoms with E-state index in [1.807, 2.05) is 12.1 Å². The molecule has 1 fully saturated rings. The lowest BCUT2D eigenvalue weighted by atomic mass is 9.93. The van der Waals surface area contributed by atoms with Gasteiger partial charge in [-0.25, -0.2) is 17.5 Å². The fourth-order valence-electron chi connectivity index (χ4n) is 3.53. The Kier molecular flexibility index (Phi) is 6.64. The van der Waals surface area contributed by atoms with Crippen molar-refractivity contribution >= 4 is 10.0 Å². The first-order valence-corrected chi connectivity index (χ1v) is 11.0. The van der Waals surface area contributed by atoms with Crippen LogP contribution in [-0.4, -0.2) is 34.8 Å². The Labute approximate surface area is 171 Å². The molecular formula is C21H26FNO5S. The van der Waals surface area contributed by atoms with Crippen LogP contribution in [0.1, 0.15) is 31.2 Å². The van der Waals surface area contributed by atoms with Crippen LogP contribution in [0.5, 0.6) is 17.2 Å². The monoisotopic (exact) mass is 423 g/mol. The Morgan fingerprint density at radius 3 is 2.34 bits per heavy atom. The highest BCUT2D eigenvalue weighted by Crippen LogP contribution is 2.38. The Hall–Kier alpha value is -2.32. The van der Waals surface area contributed by atoms with Gasteiger partial charge in [-0.15, -0.1) is 0 Å². The lowest BCUT2D eigenvalue weighted by Crippen LogP contribution is -2.40. The van der Waals surface area contributed by atoms with Crippen LogP contribution in [0.4, 0.5) is 4.39 Å². The Morgan fingerprint density at radius 2 is 1.69 bits per heavy atom. The molecule has 1 aliphatic rings. The number of ether oxygens (including phenoxy) is 3. The molecule has 0 atom stereocenters. The number of halogens is 1. The lowest BCUT2D eigenvalue weighted by Gasteiger charge is -2.30. The van der Waals surface area contributed by atoms with Crippen molar-refractivity contribution in [1.29, 1.82) is 0 Å². The fourth-order valence-corrected chi connectivity index (χ4v) is 5.00. The molecule has 0 aliphatic heterocycles. The SMILES string of the molecule is COc1cccc(OC2CCC(NS(=O)(=O)c3cc(C)ccc3F)CC2)c1OC. The second-order valence-corrected chi connectivity index (χ2v) is 8.82. The number of methoxy groups -OCH3 is 2. The van der Waals surface area contributed by atoms with Gasteiger partial charge >= 0.3 is 0 Å². The molecule has 2 aromatic carbocycles. The highest BCUT2D eigenvalue weighted by atomic mass is 32.2. The molecule has 0 amide bonds. The molecule has 0 unspecified atom stereocenters. The summed E-state index contributed by atoms with van der Waals surface area (Å²) in [5.74, 6) is 0.974. The van der Waals surface area contributed by atoms with E-state index in [0.29, 0.717) is 48.5 Å². The molecule has 0 saturated heterocycles. The minimum Gasteiger partial charge on any atom is -0.493 e. The normalized spacial score (nSPS) is 19.6.